The molecule has 1 N–H and O–H groups in total. The molecule has 5 nitrogen and oxygen atoms in total. The summed E-state index contributed by atoms with van der Waals surface area (Å²) in [5, 5.41) is 5.98. The van der Waals surface area contributed by atoms with Crippen LogP contribution < -0.4 is 14.8 Å². The summed E-state index contributed by atoms with van der Waals surface area (Å²) in [4.78, 5) is 16.9. The van der Waals surface area contributed by atoms with Crippen LogP contribution in [0.3, 0.4) is 0 Å². The number of nitrogens with one attached hydrogen (secondary N) is 1. The van der Waals surface area contributed by atoms with Gasteiger partial charge in [0, 0.05) is 29.5 Å². The van der Waals surface area contributed by atoms with Crippen LogP contribution in [-0.4, -0.2) is 24.2 Å². The van der Waals surface area contributed by atoms with Gasteiger partial charge >= 0.3 is 0 Å². The Kier molecular flexibility index (Phi) is 4.58. The molecule has 2 heterocycles. The molecule has 6 heteroatoms. The van der Waals surface area contributed by atoms with Gasteiger partial charge in [-0.05, 0) is 31.2 Å². The van der Waals surface area contributed by atoms with Gasteiger partial charge in [-0.2, -0.15) is 0 Å². The first-order chi connectivity index (χ1) is 12.7. The zero-order chi connectivity index (χ0) is 17.9. The zero-order valence-electron chi connectivity index (χ0n) is 14.3. The zero-order valence-corrected chi connectivity index (χ0v) is 15.1. The van der Waals surface area contributed by atoms with E-state index in [4.69, 9.17) is 9.47 Å². The molecule has 2 aromatic carbocycles. The van der Waals surface area contributed by atoms with Crippen LogP contribution in [0, 0.1) is 6.92 Å². The lowest BCUT2D eigenvalue weighted by atomic mass is 10.1. The number of carbonyl (C=O) groups is 1. The van der Waals surface area contributed by atoms with Gasteiger partial charge in [-0.1, -0.05) is 23.8 Å². The van der Waals surface area contributed by atoms with Crippen molar-refractivity contribution in [2.75, 3.05) is 13.3 Å². The molecule has 3 aromatic rings. The second-order valence-electron chi connectivity index (χ2n) is 6.09. The fourth-order valence-electron chi connectivity index (χ4n) is 2.78. The highest BCUT2D eigenvalue weighted by atomic mass is 32.1. The van der Waals surface area contributed by atoms with Crippen molar-refractivity contribution < 1.29 is 14.3 Å². The van der Waals surface area contributed by atoms with E-state index in [1.807, 2.05) is 11.4 Å². The summed E-state index contributed by atoms with van der Waals surface area (Å²) in [6.07, 6.45) is 0.693. The minimum atomic E-state index is -0.127. The molecule has 1 aromatic heterocycles. The monoisotopic (exact) mass is 366 g/mol. The number of aryl methyl sites for hydroxylation is 1. The van der Waals surface area contributed by atoms with E-state index in [9.17, 15) is 4.79 Å². The van der Waals surface area contributed by atoms with Crippen molar-refractivity contribution in [3.05, 3.63) is 64.7 Å². The van der Waals surface area contributed by atoms with E-state index in [0.29, 0.717) is 30.0 Å². The number of fused-ring (bicyclic) bond motifs is 1. The minimum absolute atomic E-state index is 0.127. The van der Waals surface area contributed by atoms with Crippen molar-refractivity contribution in [1.82, 2.24) is 10.3 Å². The highest BCUT2D eigenvalue weighted by molar-refractivity contribution is 7.13. The molecule has 132 valence electrons. The van der Waals surface area contributed by atoms with Crippen LogP contribution in [0.2, 0.25) is 0 Å². The van der Waals surface area contributed by atoms with Crippen LogP contribution in [0.1, 0.15) is 21.6 Å². The van der Waals surface area contributed by atoms with Crippen molar-refractivity contribution in [3.8, 4) is 22.1 Å². The fourth-order valence-corrected chi connectivity index (χ4v) is 3.63. The molecular weight excluding hydrogens is 348 g/mol. The molecule has 0 aliphatic carbocycles. The maximum Gasteiger partial charge on any atom is 0.251 e. The lowest BCUT2D eigenvalue weighted by Gasteiger charge is -2.05. The predicted molar refractivity (Wildman–Crippen MR) is 101 cm³/mol. The van der Waals surface area contributed by atoms with Gasteiger partial charge in [0.15, 0.2) is 11.5 Å². The maximum atomic E-state index is 12.3. The van der Waals surface area contributed by atoms with Crippen LogP contribution in [0.5, 0.6) is 11.5 Å². The second-order valence-corrected chi connectivity index (χ2v) is 6.95. The molecule has 0 spiro atoms. The first-order valence-corrected chi connectivity index (χ1v) is 9.26. The SMILES string of the molecule is Cc1cccc(-c2nc(CCNC(=O)c3ccc4c(c3)OCO4)cs2)c1. The van der Waals surface area contributed by atoms with E-state index in [-0.39, 0.29) is 12.7 Å². The van der Waals surface area contributed by atoms with Crippen LogP contribution in [0.25, 0.3) is 10.6 Å². The Morgan fingerprint density at radius 2 is 2.08 bits per heavy atom. The number of nitrogens with zero attached hydrogens (tertiary/aromatic N) is 1. The van der Waals surface area contributed by atoms with Crippen molar-refractivity contribution in [3.63, 3.8) is 0 Å². The number of benzene rings is 2. The van der Waals surface area contributed by atoms with E-state index in [2.05, 4.69) is 35.4 Å². The van der Waals surface area contributed by atoms with Gasteiger partial charge in [-0.25, -0.2) is 4.98 Å². The van der Waals surface area contributed by atoms with E-state index < -0.39 is 0 Å². The average molecular weight is 366 g/mol. The first kappa shape index (κ1) is 16.6. The Labute approximate surface area is 155 Å². The van der Waals surface area contributed by atoms with Gasteiger partial charge in [0.25, 0.3) is 5.91 Å². The molecule has 0 saturated heterocycles. The molecule has 0 unspecified atom stereocenters. The second kappa shape index (κ2) is 7.17. The molecule has 1 amide bonds. The van der Waals surface area contributed by atoms with Crippen molar-refractivity contribution in [1.29, 1.82) is 0 Å². The van der Waals surface area contributed by atoms with E-state index >= 15 is 0 Å². The molecule has 0 fully saturated rings. The molecular formula is C20H18N2O3S. The van der Waals surface area contributed by atoms with Gasteiger partial charge < -0.3 is 14.8 Å². The fraction of sp³-hybridized carbons (Fsp3) is 0.200. The standard InChI is InChI=1S/C20H18N2O3S/c1-13-3-2-4-15(9-13)20-22-16(11-26-20)7-8-21-19(23)14-5-6-17-18(10-14)25-12-24-17/h2-6,9-11H,7-8,12H2,1H3,(H,21,23). The van der Waals surface area contributed by atoms with Gasteiger partial charge in [0.05, 0.1) is 5.69 Å². The maximum absolute atomic E-state index is 12.3. The van der Waals surface area contributed by atoms with Crippen molar-refractivity contribution in [2.45, 2.75) is 13.3 Å². The van der Waals surface area contributed by atoms with Crippen molar-refractivity contribution in [2.24, 2.45) is 0 Å². The Hall–Kier alpha value is -2.86. The first-order valence-electron chi connectivity index (χ1n) is 8.38. The number of ether oxygens (including phenoxy) is 2. The van der Waals surface area contributed by atoms with Gasteiger partial charge in [0.1, 0.15) is 5.01 Å². The summed E-state index contributed by atoms with van der Waals surface area (Å²) < 4.78 is 10.6. The number of hydrogen-bond acceptors (Lipinski definition) is 5. The van der Waals surface area contributed by atoms with E-state index in [1.165, 1.54) is 5.56 Å². The topological polar surface area (TPSA) is 60.5 Å². The van der Waals surface area contributed by atoms with E-state index in [0.717, 1.165) is 16.3 Å². The third-order valence-corrected chi connectivity index (χ3v) is 5.06. The summed E-state index contributed by atoms with van der Waals surface area (Å²) in [6, 6.07) is 13.5. The normalized spacial score (nSPS) is 12.2. The number of aromatic nitrogens is 1. The quantitative estimate of drug-likeness (QED) is 0.746. The van der Waals surface area contributed by atoms with Gasteiger partial charge in [0.2, 0.25) is 6.79 Å². The number of hydrogen-bond donors (Lipinski definition) is 1. The lowest BCUT2D eigenvalue weighted by molar-refractivity contribution is 0.0953. The van der Waals surface area contributed by atoms with Gasteiger partial charge in [-0.3, -0.25) is 4.79 Å². The van der Waals surface area contributed by atoms with Crippen molar-refractivity contribution >= 4 is 17.2 Å². The van der Waals surface area contributed by atoms with Crippen LogP contribution in [-0.2, 0) is 6.42 Å². The van der Waals surface area contributed by atoms with Crippen LogP contribution >= 0.6 is 11.3 Å². The smallest absolute Gasteiger partial charge is 0.251 e. The number of carbonyl (C=O) groups excluding carboxylic acids is 1. The Balaban J connectivity index is 1.34. The summed E-state index contributed by atoms with van der Waals surface area (Å²) in [7, 11) is 0. The number of amides is 1. The van der Waals surface area contributed by atoms with E-state index in [1.54, 1.807) is 29.5 Å². The Bertz CT molecular complexity index is 952. The highest BCUT2D eigenvalue weighted by Crippen LogP contribution is 2.32. The van der Waals surface area contributed by atoms with Crippen LogP contribution in [0.4, 0.5) is 0 Å². The largest absolute Gasteiger partial charge is 0.454 e. The molecule has 0 atom stereocenters. The third-order valence-electron chi connectivity index (χ3n) is 4.12. The lowest BCUT2D eigenvalue weighted by Crippen LogP contribution is -2.25. The minimum Gasteiger partial charge on any atom is -0.454 e. The summed E-state index contributed by atoms with van der Waals surface area (Å²) in [5.74, 6) is 1.16. The average Bonchev–Trinajstić information content (AvgIpc) is 3.30. The molecule has 0 bridgehead atoms. The molecule has 1 aliphatic rings. The molecule has 0 radical (unpaired) electrons. The van der Waals surface area contributed by atoms with Gasteiger partial charge in [-0.15, -0.1) is 11.3 Å². The molecule has 26 heavy (non-hydrogen) atoms. The Morgan fingerprint density at radius 3 is 2.96 bits per heavy atom. The number of thiazole rings is 1. The third kappa shape index (κ3) is 3.55. The summed E-state index contributed by atoms with van der Waals surface area (Å²) in [6.45, 7) is 2.81. The Morgan fingerprint density at radius 1 is 1.19 bits per heavy atom. The van der Waals surface area contributed by atoms with Crippen LogP contribution in [0.15, 0.2) is 47.8 Å². The predicted octanol–water partition coefficient (Wildman–Crippen LogP) is 3.82. The number of rotatable bonds is 5. The molecule has 1 aliphatic heterocycles. The highest BCUT2D eigenvalue weighted by Gasteiger charge is 2.16. The molecule has 0 saturated carbocycles. The summed E-state index contributed by atoms with van der Waals surface area (Å²) >= 11 is 1.63. The summed E-state index contributed by atoms with van der Waals surface area (Å²) in [5.41, 5.74) is 3.89. The molecule has 4 rings (SSSR count).